The van der Waals surface area contributed by atoms with Gasteiger partial charge in [-0.05, 0) is 38.3 Å². The highest BCUT2D eigenvalue weighted by Gasteiger charge is 2.42. The van der Waals surface area contributed by atoms with Crippen LogP contribution in [0.3, 0.4) is 0 Å². The standard InChI is InChI=1S/C17H27N3O/c1-17(11-6-10-15(17)18)16(21)19-12-7-13-20(2)14-8-4-3-5-9-14/h3-5,8-9,15H,6-7,10-13,18H2,1-2H3,(H,19,21). The van der Waals surface area contributed by atoms with Crippen LogP contribution in [0.15, 0.2) is 30.3 Å². The maximum atomic E-state index is 12.3. The van der Waals surface area contributed by atoms with E-state index >= 15 is 0 Å². The van der Waals surface area contributed by atoms with Crippen LogP contribution in [0.5, 0.6) is 0 Å². The average molecular weight is 289 g/mol. The van der Waals surface area contributed by atoms with Gasteiger partial charge in [-0.2, -0.15) is 0 Å². The second kappa shape index (κ2) is 6.94. The predicted octanol–water partition coefficient (Wildman–Crippen LogP) is 2.15. The number of hydrogen-bond acceptors (Lipinski definition) is 3. The lowest BCUT2D eigenvalue weighted by atomic mass is 9.84. The fourth-order valence-electron chi connectivity index (χ4n) is 3.01. The number of hydrogen-bond donors (Lipinski definition) is 2. The number of nitrogens with two attached hydrogens (primary N) is 1. The Morgan fingerprint density at radius 1 is 1.43 bits per heavy atom. The highest BCUT2D eigenvalue weighted by atomic mass is 16.2. The minimum Gasteiger partial charge on any atom is -0.375 e. The highest BCUT2D eigenvalue weighted by molar-refractivity contribution is 5.83. The molecular weight excluding hydrogens is 262 g/mol. The normalized spacial score (nSPS) is 24.8. The number of anilines is 1. The molecule has 1 saturated carbocycles. The maximum Gasteiger partial charge on any atom is 0.227 e. The topological polar surface area (TPSA) is 58.4 Å². The van der Waals surface area contributed by atoms with Crippen molar-refractivity contribution in [2.75, 3.05) is 25.0 Å². The minimum absolute atomic E-state index is 0.00416. The maximum absolute atomic E-state index is 12.3. The first kappa shape index (κ1) is 15.8. The summed E-state index contributed by atoms with van der Waals surface area (Å²) in [6, 6.07) is 10.3. The second-order valence-corrected chi connectivity index (χ2v) is 6.28. The molecule has 4 nitrogen and oxygen atoms in total. The molecule has 2 rings (SSSR count). The number of benzene rings is 1. The average Bonchev–Trinajstić information content (AvgIpc) is 2.85. The third kappa shape index (κ3) is 3.76. The quantitative estimate of drug-likeness (QED) is 0.789. The van der Waals surface area contributed by atoms with Crippen LogP contribution in [-0.2, 0) is 4.79 Å². The van der Waals surface area contributed by atoms with Gasteiger partial charge >= 0.3 is 0 Å². The van der Waals surface area contributed by atoms with Gasteiger partial charge in [-0.3, -0.25) is 4.79 Å². The number of nitrogens with zero attached hydrogens (tertiary/aromatic N) is 1. The number of rotatable bonds is 6. The van der Waals surface area contributed by atoms with E-state index < -0.39 is 0 Å². The van der Waals surface area contributed by atoms with Crippen molar-refractivity contribution in [2.24, 2.45) is 11.1 Å². The summed E-state index contributed by atoms with van der Waals surface area (Å²) >= 11 is 0. The summed E-state index contributed by atoms with van der Waals surface area (Å²) in [7, 11) is 2.07. The fourth-order valence-corrected chi connectivity index (χ4v) is 3.01. The van der Waals surface area contributed by atoms with Gasteiger partial charge in [-0.1, -0.05) is 24.6 Å². The van der Waals surface area contributed by atoms with Crippen LogP contribution in [-0.4, -0.2) is 32.1 Å². The zero-order valence-corrected chi connectivity index (χ0v) is 13.1. The van der Waals surface area contributed by atoms with Crippen LogP contribution in [0, 0.1) is 5.41 Å². The van der Waals surface area contributed by atoms with E-state index in [1.54, 1.807) is 0 Å². The molecule has 1 fully saturated rings. The van der Waals surface area contributed by atoms with Gasteiger partial charge in [-0.25, -0.2) is 0 Å². The largest absolute Gasteiger partial charge is 0.375 e. The van der Waals surface area contributed by atoms with E-state index in [2.05, 4.69) is 29.4 Å². The molecule has 2 atom stereocenters. The van der Waals surface area contributed by atoms with E-state index in [-0.39, 0.29) is 17.4 Å². The molecule has 3 N–H and O–H groups in total. The number of para-hydroxylation sites is 1. The first-order valence-corrected chi connectivity index (χ1v) is 7.84. The third-order valence-corrected chi connectivity index (χ3v) is 4.70. The molecule has 0 aliphatic heterocycles. The molecule has 21 heavy (non-hydrogen) atoms. The van der Waals surface area contributed by atoms with Crippen molar-refractivity contribution < 1.29 is 4.79 Å². The molecule has 0 aromatic heterocycles. The smallest absolute Gasteiger partial charge is 0.227 e. The van der Waals surface area contributed by atoms with E-state index in [4.69, 9.17) is 5.73 Å². The molecule has 1 aromatic carbocycles. The Balaban J connectivity index is 1.71. The van der Waals surface area contributed by atoms with Gasteiger partial charge in [-0.15, -0.1) is 0 Å². The molecule has 1 aliphatic carbocycles. The van der Waals surface area contributed by atoms with Crippen molar-refractivity contribution in [2.45, 2.75) is 38.6 Å². The van der Waals surface area contributed by atoms with Crippen molar-refractivity contribution in [3.63, 3.8) is 0 Å². The molecule has 116 valence electrons. The molecule has 0 spiro atoms. The van der Waals surface area contributed by atoms with E-state index in [9.17, 15) is 4.79 Å². The first-order chi connectivity index (χ1) is 10.0. The molecule has 0 radical (unpaired) electrons. The number of carbonyl (C=O) groups is 1. The molecule has 1 aromatic rings. The second-order valence-electron chi connectivity index (χ2n) is 6.28. The summed E-state index contributed by atoms with van der Waals surface area (Å²) < 4.78 is 0. The summed E-state index contributed by atoms with van der Waals surface area (Å²) in [5, 5.41) is 3.06. The summed E-state index contributed by atoms with van der Waals surface area (Å²) in [6.45, 7) is 3.63. The van der Waals surface area contributed by atoms with Crippen LogP contribution in [0.1, 0.15) is 32.6 Å². The molecule has 2 unspecified atom stereocenters. The van der Waals surface area contributed by atoms with E-state index in [0.717, 1.165) is 32.2 Å². The Bertz CT molecular complexity index is 462. The van der Waals surface area contributed by atoms with Crippen molar-refractivity contribution >= 4 is 11.6 Å². The minimum atomic E-state index is -0.370. The zero-order valence-electron chi connectivity index (χ0n) is 13.1. The number of nitrogens with one attached hydrogen (secondary N) is 1. The van der Waals surface area contributed by atoms with Gasteiger partial charge < -0.3 is 16.0 Å². The monoisotopic (exact) mass is 289 g/mol. The number of amides is 1. The van der Waals surface area contributed by atoms with Gasteiger partial charge in [0.25, 0.3) is 0 Å². The molecule has 4 heteroatoms. The predicted molar refractivity (Wildman–Crippen MR) is 87.3 cm³/mol. The van der Waals surface area contributed by atoms with Gasteiger partial charge in [0, 0.05) is 31.9 Å². The van der Waals surface area contributed by atoms with E-state index in [1.807, 2.05) is 25.1 Å². The zero-order chi connectivity index (χ0) is 15.3. The molecule has 1 aliphatic rings. The summed E-state index contributed by atoms with van der Waals surface area (Å²) in [5.74, 6) is 0.120. The molecular formula is C17H27N3O. The first-order valence-electron chi connectivity index (χ1n) is 7.84. The van der Waals surface area contributed by atoms with Crippen molar-refractivity contribution in [3.8, 4) is 0 Å². The Hall–Kier alpha value is -1.55. The Kier molecular flexibility index (Phi) is 5.23. The van der Waals surface area contributed by atoms with Crippen LogP contribution in [0.25, 0.3) is 0 Å². The lowest BCUT2D eigenvalue weighted by Gasteiger charge is -2.27. The lowest BCUT2D eigenvalue weighted by molar-refractivity contribution is -0.130. The fraction of sp³-hybridized carbons (Fsp3) is 0.588. The van der Waals surface area contributed by atoms with Crippen LogP contribution in [0.2, 0.25) is 0 Å². The Morgan fingerprint density at radius 2 is 2.14 bits per heavy atom. The summed E-state index contributed by atoms with van der Waals surface area (Å²) in [5.41, 5.74) is 6.91. The Labute approximate surface area is 127 Å². The molecule has 0 saturated heterocycles. The van der Waals surface area contributed by atoms with E-state index in [1.165, 1.54) is 5.69 Å². The van der Waals surface area contributed by atoms with E-state index in [0.29, 0.717) is 6.54 Å². The van der Waals surface area contributed by atoms with Gasteiger partial charge in [0.2, 0.25) is 5.91 Å². The summed E-state index contributed by atoms with van der Waals surface area (Å²) in [6.07, 6.45) is 3.86. The van der Waals surface area contributed by atoms with Crippen LogP contribution in [0.4, 0.5) is 5.69 Å². The van der Waals surface area contributed by atoms with Crippen LogP contribution >= 0.6 is 0 Å². The Morgan fingerprint density at radius 3 is 2.76 bits per heavy atom. The third-order valence-electron chi connectivity index (χ3n) is 4.70. The molecule has 0 bridgehead atoms. The van der Waals surface area contributed by atoms with Gasteiger partial charge in [0.15, 0.2) is 0 Å². The highest BCUT2D eigenvalue weighted by Crippen LogP contribution is 2.36. The van der Waals surface area contributed by atoms with Gasteiger partial charge in [0.1, 0.15) is 0 Å². The lowest BCUT2D eigenvalue weighted by Crippen LogP contribution is -2.47. The molecule has 0 heterocycles. The summed E-state index contributed by atoms with van der Waals surface area (Å²) in [4.78, 5) is 14.5. The SMILES string of the molecule is CN(CCCNC(=O)C1(C)CCCC1N)c1ccccc1. The van der Waals surface area contributed by atoms with Crippen molar-refractivity contribution in [3.05, 3.63) is 30.3 Å². The van der Waals surface area contributed by atoms with Crippen molar-refractivity contribution in [1.82, 2.24) is 5.32 Å². The van der Waals surface area contributed by atoms with Crippen LogP contribution < -0.4 is 16.0 Å². The van der Waals surface area contributed by atoms with Crippen molar-refractivity contribution in [1.29, 1.82) is 0 Å². The molecule has 1 amide bonds. The number of carbonyl (C=O) groups excluding carboxylic acids is 1. The van der Waals surface area contributed by atoms with Gasteiger partial charge in [0.05, 0.1) is 5.41 Å².